The molecule has 0 radical (unpaired) electrons. The third-order valence-corrected chi connectivity index (χ3v) is 7.16. The Kier molecular flexibility index (Phi) is 2.70. The SMILES string of the molecule is C[C@H]1[C@H]2OC(=O)[C@@H]1[C@]1(C)C(=O)C=C3[C@H](C)CC(=O)[C@]3(C)C1[C@H]2O. The lowest BCUT2D eigenvalue weighted by molar-refractivity contribution is -0.166. The van der Waals surface area contributed by atoms with Gasteiger partial charge in [-0.15, -0.1) is 0 Å². The van der Waals surface area contributed by atoms with Gasteiger partial charge in [0.2, 0.25) is 0 Å². The maximum atomic E-state index is 13.0. The highest BCUT2D eigenvalue weighted by Crippen LogP contribution is 2.65. The molecule has 8 atom stereocenters. The van der Waals surface area contributed by atoms with Crippen LogP contribution in [0.1, 0.15) is 34.1 Å². The normalized spacial score (nSPS) is 54.5. The van der Waals surface area contributed by atoms with E-state index in [1.165, 1.54) is 0 Å². The fraction of sp³-hybridized carbons (Fsp3) is 0.722. The minimum atomic E-state index is -1.08. The van der Waals surface area contributed by atoms with Crippen LogP contribution in [0, 0.1) is 34.5 Å². The quantitative estimate of drug-likeness (QED) is 0.681. The van der Waals surface area contributed by atoms with Gasteiger partial charge in [0, 0.05) is 18.3 Å². The van der Waals surface area contributed by atoms with E-state index in [4.69, 9.17) is 4.74 Å². The molecule has 1 heterocycles. The summed E-state index contributed by atoms with van der Waals surface area (Å²) in [5.41, 5.74) is -1.15. The molecule has 4 aliphatic rings. The van der Waals surface area contributed by atoms with Gasteiger partial charge in [0.1, 0.15) is 11.9 Å². The molecule has 5 nitrogen and oxygen atoms in total. The summed E-state index contributed by atoms with van der Waals surface area (Å²) in [5.74, 6) is -1.93. The maximum Gasteiger partial charge on any atom is 0.310 e. The monoisotopic (exact) mass is 318 g/mol. The number of esters is 1. The number of carbonyl (C=O) groups excluding carboxylic acids is 3. The first kappa shape index (κ1) is 15.1. The molecule has 0 aromatic rings. The van der Waals surface area contributed by atoms with Crippen LogP contribution in [-0.4, -0.2) is 34.9 Å². The molecule has 1 saturated heterocycles. The van der Waals surface area contributed by atoms with Crippen molar-refractivity contribution in [2.24, 2.45) is 34.5 Å². The van der Waals surface area contributed by atoms with E-state index in [9.17, 15) is 19.5 Å². The van der Waals surface area contributed by atoms with Crippen LogP contribution in [0.15, 0.2) is 11.6 Å². The van der Waals surface area contributed by atoms with E-state index in [1.54, 1.807) is 13.0 Å². The van der Waals surface area contributed by atoms with Gasteiger partial charge < -0.3 is 9.84 Å². The Hall–Kier alpha value is -1.49. The molecule has 1 N–H and O–H groups in total. The van der Waals surface area contributed by atoms with Gasteiger partial charge in [-0.3, -0.25) is 14.4 Å². The van der Waals surface area contributed by atoms with Crippen molar-refractivity contribution < 1.29 is 24.2 Å². The van der Waals surface area contributed by atoms with Crippen molar-refractivity contribution in [3.8, 4) is 0 Å². The molecular formula is C18H22O5. The lowest BCUT2D eigenvalue weighted by Crippen LogP contribution is -2.64. The Bertz CT molecular complexity index is 679. The Balaban J connectivity index is 1.99. The lowest BCUT2D eigenvalue weighted by atomic mass is 9.45. The van der Waals surface area contributed by atoms with Gasteiger partial charge in [0.25, 0.3) is 0 Å². The van der Waals surface area contributed by atoms with Gasteiger partial charge in [-0.1, -0.05) is 20.8 Å². The van der Waals surface area contributed by atoms with Gasteiger partial charge in [-0.2, -0.15) is 0 Å². The van der Waals surface area contributed by atoms with Crippen molar-refractivity contribution >= 4 is 17.5 Å². The van der Waals surface area contributed by atoms with Crippen molar-refractivity contribution in [1.82, 2.24) is 0 Å². The van der Waals surface area contributed by atoms with E-state index < -0.39 is 40.8 Å². The second kappa shape index (κ2) is 4.12. The number of rotatable bonds is 0. The molecule has 3 fully saturated rings. The standard InChI is InChI=1S/C18H22O5/c1-7-5-10(19)17(3)9(7)6-11(20)18(4)12-8(2)14(23-16(12)22)13(21)15(17)18/h6-8,12-15,21H,5H2,1-4H3/t7-,8-,12-,13+,14-,15?,17-,18+/m1/s1. The molecule has 2 saturated carbocycles. The topological polar surface area (TPSA) is 80.7 Å². The van der Waals surface area contributed by atoms with Gasteiger partial charge in [0.05, 0.1) is 22.9 Å². The molecule has 23 heavy (non-hydrogen) atoms. The van der Waals surface area contributed by atoms with Crippen LogP contribution in [-0.2, 0) is 19.1 Å². The zero-order chi connectivity index (χ0) is 16.9. The summed E-state index contributed by atoms with van der Waals surface area (Å²) in [7, 11) is 0. The highest BCUT2D eigenvalue weighted by molar-refractivity contribution is 6.05. The Morgan fingerprint density at radius 2 is 1.87 bits per heavy atom. The smallest absolute Gasteiger partial charge is 0.310 e. The molecule has 2 bridgehead atoms. The van der Waals surface area contributed by atoms with Crippen molar-refractivity contribution in [2.45, 2.75) is 46.3 Å². The maximum absolute atomic E-state index is 13.0. The fourth-order valence-corrected chi connectivity index (χ4v) is 6.09. The third-order valence-electron chi connectivity index (χ3n) is 7.16. The third kappa shape index (κ3) is 1.41. The van der Waals surface area contributed by atoms with Crippen molar-refractivity contribution in [1.29, 1.82) is 0 Å². The van der Waals surface area contributed by atoms with Crippen LogP contribution in [0.3, 0.4) is 0 Å². The second-order valence-electron chi connectivity index (χ2n) is 8.18. The first-order valence-corrected chi connectivity index (χ1v) is 8.33. The second-order valence-corrected chi connectivity index (χ2v) is 8.18. The number of Topliss-reactive ketones (excluding diaryl/α,β-unsaturated/α-hetero) is 1. The summed E-state index contributed by atoms with van der Waals surface area (Å²) in [6.45, 7) is 7.36. The zero-order valence-electron chi connectivity index (χ0n) is 13.8. The molecule has 124 valence electrons. The van der Waals surface area contributed by atoms with Gasteiger partial charge in [-0.05, 0) is 24.5 Å². The van der Waals surface area contributed by atoms with Crippen LogP contribution in [0.5, 0.6) is 0 Å². The fourth-order valence-electron chi connectivity index (χ4n) is 6.09. The number of carbonyl (C=O) groups is 3. The molecule has 5 heteroatoms. The molecule has 1 unspecified atom stereocenters. The molecule has 0 aromatic carbocycles. The summed E-state index contributed by atoms with van der Waals surface area (Å²) >= 11 is 0. The Morgan fingerprint density at radius 3 is 2.52 bits per heavy atom. The van der Waals surface area contributed by atoms with E-state index >= 15 is 0 Å². The van der Waals surface area contributed by atoms with Gasteiger partial charge in [0.15, 0.2) is 5.78 Å². The lowest BCUT2D eigenvalue weighted by Gasteiger charge is -2.55. The number of aliphatic hydroxyl groups excluding tert-OH is 1. The molecular weight excluding hydrogens is 296 g/mol. The van der Waals surface area contributed by atoms with E-state index in [-0.39, 0.29) is 23.4 Å². The minimum Gasteiger partial charge on any atom is -0.459 e. The summed E-state index contributed by atoms with van der Waals surface area (Å²) in [5, 5.41) is 11.0. The Morgan fingerprint density at radius 1 is 1.22 bits per heavy atom. The van der Waals surface area contributed by atoms with Crippen LogP contribution >= 0.6 is 0 Å². The molecule has 4 rings (SSSR count). The molecule has 0 spiro atoms. The predicted octanol–water partition coefficient (Wildman–Crippen LogP) is 1.29. The van der Waals surface area contributed by atoms with Crippen molar-refractivity contribution in [3.05, 3.63) is 11.6 Å². The minimum absolute atomic E-state index is 0.00169. The van der Waals surface area contributed by atoms with E-state index in [0.717, 1.165) is 5.57 Å². The number of hydrogen-bond donors (Lipinski definition) is 1. The summed E-state index contributed by atoms with van der Waals surface area (Å²) in [6, 6.07) is 0. The molecule has 0 amide bonds. The number of ether oxygens (including phenoxy) is 1. The van der Waals surface area contributed by atoms with E-state index in [0.29, 0.717) is 6.42 Å². The first-order chi connectivity index (χ1) is 10.6. The van der Waals surface area contributed by atoms with Gasteiger partial charge in [-0.25, -0.2) is 0 Å². The number of hydrogen-bond acceptors (Lipinski definition) is 5. The number of fused-ring (bicyclic) bond motifs is 6. The number of allylic oxidation sites excluding steroid dienone is 2. The van der Waals surface area contributed by atoms with Crippen LogP contribution < -0.4 is 0 Å². The summed E-state index contributed by atoms with van der Waals surface area (Å²) in [4.78, 5) is 38.2. The largest absolute Gasteiger partial charge is 0.459 e. The summed E-state index contributed by atoms with van der Waals surface area (Å²) in [6.07, 6.45) is 0.342. The van der Waals surface area contributed by atoms with E-state index in [1.807, 2.05) is 20.8 Å². The first-order valence-electron chi connectivity index (χ1n) is 8.33. The highest BCUT2D eigenvalue weighted by atomic mass is 16.6. The Labute approximate surface area is 135 Å². The zero-order valence-corrected chi connectivity index (χ0v) is 13.8. The highest BCUT2D eigenvalue weighted by Gasteiger charge is 2.73. The molecule has 0 aromatic heterocycles. The van der Waals surface area contributed by atoms with Crippen LogP contribution in [0.2, 0.25) is 0 Å². The average molecular weight is 318 g/mol. The molecule has 1 aliphatic heterocycles. The summed E-state index contributed by atoms with van der Waals surface area (Å²) < 4.78 is 5.40. The predicted molar refractivity (Wildman–Crippen MR) is 80.1 cm³/mol. The number of aliphatic hydroxyl groups is 1. The average Bonchev–Trinajstić information content (AvgIpc) is 2.83. The van der Waals surface area contributed by atoms with Crippen molar-refractivity contribution in [3.63, 3.8) is 0 Å². The van der Waals surface area contributed by atoms with Crippen LogP contribution in [0.25, 0.3) is 0 Å². The van der Waals surface area contributed by atoms with E-state index in [2.05, 4.69) is 0 Å². The van der Waals surface area contributed by atoms with Crippen molar-refractivity contribution in [2.75, 3.05) is 0 Å². The number of ketones is 2. The van der Waals surface area contributed by atoms with Crippen LogP contribution in [0.4, 0.5) is 0 Å². The molecule has 3 aliphatic carbocycles. The van der Waals surface area contributed by atoms with Gasteiger partial charge >= 0.3 is 5.97 Å².